The lowest BCUT2D eigenvalue weighted by Crippen LogP contribution is -2.28. The minimum Gasteiger partial charge on any atom is -0.493 e. The molecule has 1 aliphatic heterocycles. The fraction of sp³-hybridized carbons (Fsp3) is 0.174. The van der Waals surface area contributed by atoms with Crippen molar-refractivity contribution in [1.29, 1.82) is 0 Å². The smallest absolute Gasteiger partial charge is 0.286 e. The number of anilines is 2. The molecule has 10 nitrogen and oxygen atoms in total. The van der Waals surface area contributed by atoms with Gasteiger partial charge in [0.1, 0.15) is 5.56 Å². The molecule has 2 aromatic carbocycles. The van der Waals surface area contributed by atoms with E-state index in [-0.39, 0.29) is 23.0 Å². The third-order valence-corrected chi connectivity index (χ3v) is 5.35. The lowest BCUT2D eigenvalue weighted by molar-refractivity contribution is -0.385. The Labute approximate surface area is 188 Å². The molecule has 2 amide bonds. The first-order valence-electron chi connectivity index (χ1n) is 9.99. The third-order valence-electron chi connectivity index (χ3n) is 5.35. The van der Waals surface area contributed by atoms with Gasteiger partial charge in [-0.15, -0.1) is 0 Å². The number of amides is 2. The Bertz CT molecular complexity index is 1250. The van der Waals surface area contributed by atoms with Crippen LogP contribution in [0.2, 0.25) is 0 Å². The fourth-order valence-corrected chi connectivity index (χ4v) is 3.72. The Morgan fingerprint density at radius 1 is 1.06 bits per heavy atom. The molecule has 0 aliphatic carbocycles. The highest BCUT2D eigenvalue weighted by Gasteiger charge is 2.28. The number of hydrogen-bond acceptors (Lipinski definition) is 7. The highest BCUT2D eigenvalue weighted by atomic mass is 16.6. The summed E-state index contributed by atoms with van der Waals surface area (Å²) in [5.74, 6) is -0.525. The number of hydrogen-bond donors (Lipinski definition) is 1. The Morgan fingerprint density at radius 2 is 1.76 bits per heavy atom. The number of aromatic nitrogens is 1. The van der Waals surface area contributed by atoms with Crippen LogP contribution in [-0.4, -0.2) is 42.5 Å². The van der Waals surface area contributed by atoms with Gasteiger partial charge in [-0.05, 0) is 36.2 Å². The number of nitrogens with one attached hydrogen (secondary N) is 1. The number of nitro benzene ring substituents is 1. The molecule has 1 N–H and O–H groups in total. The van der Waals surface area contributed by atoms with Crippen LogP contribution >= 0.6 is 0 Å². The van der Waals surface area contributed by atoms with Crippen molar-refractivity contribution in [2.45, 2.75) is 6.42 Å². The normalized spacial score (nSPS) is 12.1. The number of carbonyl (C=O) groups is 2. The van der Waals surface area contributed by atoms with E-state index in [9.17, 15) is 19.7 Å². The molecule has 1 aliphatic rings. The van der Waals surface area contributed by atoms with Crippen LogP contribution in [0.5, 0.6) is 11.5 Å². The maximum Gasteiger partial charge on any atom is 0.286 e. The van der Waals surface area contributed by atoms with Crippen molar-refractivity contribution in [3.63, 3.8) is 0 Å². The Hall–Kier alpha value is -4.47. The second-order valence-corrected chi connectivity index (χ2v) is 7.22. The van der Waals surface area contributed by atoms with E-state index in [1.165, 1.54) is 20.3 Å². The first kappa shape index (κ1) is 21.8. The van der Waals surface area contributed by atoms with Crippen LogP contribution in [0.4, 0.5) is 17.1 Å². The van der Waals surface area contributed by atoms with Crippen molar-refractivity contribution in [3.8, 4) is 11.5 Å². The number of nitro groups is 1. The van der Waals surface area contributed by atoms with Crippen molar-refractivity contribution < 1.29 is 24.0 Å². The molecule has 0 fully saturated rings. The second-order valence-electron chi connectivity index (χ2n) is 7.22. The van der Waals surface area contributed by atoms with Crippen molar-refractivity contribution in [1.82, 2.24) is 4.98 Å². The molecule has 4 rings (SSSR count). The molecule has 0 bridgehead atoms. The summed E-state index contributed by atoms with van der Waals surface area (Å²) in [6.45, 7) is 0.509. The largest absolute Gasteiger partial charge is 0.493 e. The molecule has 0 radical (unpaired) electrons. The summed E-state index contributed by atoms with van der Waals surface area (Å²) < 4.78 is 10.3. The van der Waals surface area contributed by atoms with E-state index >= 15 is 0 Å². The van der Waals surface area contributed by atoms with Crippen LogP contribution in [0.25, 0.3) is 0 Å². The van der Waals surface area contributed by atoms with Gasteiger partial charge < -0.3 is 19.7 Å². The molecule has 0 unspecified atom stereocenters. The molecule has 2 heterocycles. The minimum absolute atomic E-state index is 0.142. The molecule has 33 heavy (non-hydrogen) atoms. The van der Waals surface area contributed by atoms with E-state index in [1.54, 1.807) is 41.6 Å². The van der Waals surface area contributed by atoms with Gasteiger partial charge in [0, 0.05) is 41.9 Å². The van der Waals surface area contributed by atoms with Gasteiger partial charge in [0.25, 0.3) is 17.5 Å². The summed E-state index contributed by atoms with van der Waals surface area (Å²) in [6.07, 6.45) is 3.79. The fourth-order valence-electron chi connectivity index (χ4n) is 3.72. The molecule has 0 saturated carbocycles. The number of methoxy groups -OCH3 is 2. The predicted molar refractivity (Wildman–Crippen MR) is 120 cm³/mol. The van der Waals surface area contributed by atoms with Crippen LogP contribution in [0, 0.1) is 10.1 Å². The van der Waals surface area contributed by atoms with Gasteiger partial charge in [-0.25, -0.2) is 0 Å². The monoisotopic (exact) mass is 448 g/mol. The number of fused-ring (bicyclic) bond motifs is 1. The number of pyridine rings is 1. The van der Waals surface area contributed by atoms with Crippen molar-refractivity contribution in [2.75, 3.05) is 31.0 Å². The zero-order chi connectivity index (χ0) is 23.5. The van der Waals surface area contributed by atoms with Crippen molar-refractivity contribution >= 4 is 28.9 Å². The molecule has 0 atom stereocenters. The van der Waals surface area contributed by atoms with E-state index in [0.717, 1.165) is 11.6 Å². The highest BCUT2D eigenvalue weighted by molar-refractivity contribution is 6.09. The van der Waals surface area contributed by atoms with E-state index in [0.29, 0.717) is 29.9 Å². The Kier molecular flexibility index (Phi) is 5.90. The minimum atomic E-state index is -0.687. The van der Waals surface area contributed by atoms with Crippen LogP contribution in [0.3, 0.4) is 0 Å². The third kappa shape index (κ3) is 4.18. The lowest BCUT2D eigenvalue weighted by atomic mass is 10.1. The summed E-state index contributed by atoms with van der Waals surface area (Å²) in [6, 6.07) is 10.9. The van der Waals surface area contributed by atoms with Crippen LogP contribution in [-0.2, 0) is 6.42 Å². The molecular formula is C23H20N4O6. The van der Waals surface area contributed by atoms with Crippen LogP contribution in [0.15, 0.2) is 54.9 Å². The zero-order valence-electron chi connectivity index (χ0n) is 17.9. The zero-order valence-corrected chi connectivity index (χ0v) is 17.9. The predicted octanol–water partition coefficient (Wildman–Crippen LogP) is 3.46. The van der Waals surface area contributed by atoms with Gasteiger partial charge in [-0.2, -0.15) is 0 Å². The molecule has 10 heteroatoms. The SMILES string of the molecule is COc1cc(C(=O)Nc2ccc3c(c2)N(C(=O)c2ccncc2)CC3)c([N+](=O)[O-])cc1OC. The van der Waals surface area contributed by atoms with Crippen LogP contribution < -0.4 is 19.7 Å². The maximum atomic E-state index is 12.9. The average molecular weight is 448 g/mol. The van der Waals surface area contributed by atoms with Gasteiger partial charge in [0.15, 0.2) is 11.5 Å². The van der Waals surface area contributed by atoms with Crippen molar-refractivity contribution in [3.05, 3.63) is 81.7 Å². The summed E-state index contributed by atoms with van der Waals surface area (Å²) >= 11 is 0. The molecule has 1 aromatic heterocycles. The van der Waals surface area contributed by atoms with E-state index in [1.807, 2.05) is 6.07 Å². The van der Waals surface area contributed by atoms with Gasteiger partial charge >= 0.3 is 0 Å². The number of carbonyl (C=O) groups excluding carboxylic acids is 2. The van der Waals surface area contributed by atoms with Gasteiger partial charge in [0.05, 0.1) is 25.2 Å². The van der Waals surface area contributed by atoms with Gasteiger partial charge in [-0.1, -0.05) is 6.07 Å². The molecule has 168 valence electrons. The van der Waals surface area contributed by atoms with E-state index in [2.05, 4.69) is 10.3 Å². The standard InChI is InChI=1S/C23H20N4O6/c1-32-20-12-17(19(27(30)31)13-21(20)33-2)22(28)25-16-4-3-14-7-10-26(18(14)11-16)23(29)15-5-8-24-9-6-15/h3-6,8-9,11-13H,7,10H2,1-2H3,(H,25,28). The molecule has 3 aromatic rings. The van der Waals surface area contributed by atoms with Crippen molar-refractivity contribution in [2.24, 2.45) is 0 Å². The first-order chi connectivity index (χ1) is 15.9. The lowest BCUT2D eigenvalue weighted by Gasteiger charge is -2.18. The summed E-state index contributed by atoms with van der Waals surface area (Å²) in [5.41, 5.74) is 1.96. The molecule has 0 spiro atoms. The topological polar surface area (TPSA) is 124 Å². The average Bonchev–Trinajstić information content (AvgIpc) is 3.26. The van der Waals surface area contributed by atoms with E-state index < -0.39 is 16.5 Å². The van der Waals surface area contributed by atoms with Gasteiger partial charge in [0.2, 0.25) is 0 Å². The highest BCUT2D eigenvalue weighted by Crippen LogP contribution is 2.36. The first-order valence-corrected chi connectivity index (χ1v) is 9.99. The molecular weight excluding hydrogens is 428 g/mol. The van der Waals surface area contributed by atoms with Gasteiger partial charge in [-0.3, -0.25) is 24.7 Å². The van der Waals surface area contributed by atoms with E-state index in [4.69, 9.17) is 9.47 Å². The Balaban J connectivity index is 1.63. The number of nitrogens with zero attached hydrogens (tertiary/aromatic N) is 3. The number of benzene rings is 2. The quantitative estimate of drug-likeness (QED) is 0.452. The second kappa shape index (κ2) is 8.95. The number of ether oxygens (including phenoxy) is 2. The summed E-state index contributed by atoms with van der Waals surface area (Å²) in [5, 5.41) is 14.2. The number of rotatable bonds is 6. The van der Waals surface area contributed by atoms with Crippen LogP contribution in [0.1, 0.15) is 26.3 Å². The maximum absolute atomic E-state index is 12.9. The summed E-state index contributed by atoms with van der Waals surface area (Å²) in [4.78, 5) is 42.3. The summed E-state index contributed by atoms with van der Waals surface area (Å²) in [7, 11) is 2.73. The molecule has 0 saturated heterocycles. The Morgan fingerprint density at radius 3 is 2.42 bits per heavy atom.